The van der Waals surface area contributed by atoms with E-state index in [2.05, 4.69) is 4.74 Å². The Morgan fingerprint density at radius 2 is 2.06 bits per heavy atom. The van der Waals surface area contributed by atoms with E-state index in [9.17, 15) is 22.2 Å². The van der Waals surface area contributed by atoms with Crippen LogP contribution in [-0.2, 0) is 20.3 Å². The third-order valence-electron chi connectivity index (χ3n) is 1.77. The van der Waals surface area contributed by atoms with E-state index < -0.39 is 34.6 Å². The Balaban J connectivity index is 4.21. The Labute approximate surface area is 93.2 Å². The van der Waals surface area contributed by atoms with Crippen LogP contribution in [0, 0.1) is 5.92 Å². The molecule has 0 aliphatic carbocycles. The number of hydrogen-bond donors (Lipinski definition) is 1. The molecule has 0 amide bonds. The first-order valence-electron chi connectivity index (χ1n) is 4.42. The maximum absolute atomic E-state index is 12.2. The summed E-state index contributed by atoms with van der Waals surface area (Å²) in [6.45, 7) is 0.287. The molecule has 0 rings (SSSR count). The molecule has 2 atom stereocenters. The maximum atomic E-state index is 12.2. The van der Waals surface area contributed by atoms with Crippen molar-refractivity contribution in [1.82, 2.24) is 0 Å². The van der Waals surface area contributed by atoms with Crippen molar-refractivity contribution >= 4 is 16.8 Å². The van der Waals surface area contributed by atoms with Gasteiger partial charge in [0.1, 0.15) is 0 Å². The van der Waals surface area contributed by atoms with E-state index in [0.717, 1.165) is 0 Å². The fourth-order valence-electron chi connectivity index (χ4n) is 0.939. The van der Waals surface area contributed by atoms with Crippen LogP contribution in [0.1, 0.15) is 6.42 Å². The molecule has 8 heteroatoms. The molecule has 2 unspecified atom stereocenters. The van der Waals surface area contributed by atoms with Gasteiger partial charge in [-0.3, -0.25) is 9.00 Å². The molecule has 4 nitrogen and oxygen atoms in total. The highest BCUT2D eigenvalue weighted by atomic mass is 32.2. The number of ether oxygens (including phenoxy) is 1. The second-order valence-electron chi connectivity index (χ2n) is 3.09. The van der Waals surface area contributed by atoms with Crippen LogP contribution in [-0.4, -0.2) is 46.7 Å². The first-order valence-corrected chi connectivity index (χ1v) is 5.91. The van der Waals surface area contributed by atoms with Gasteiger partial charge in [-0.2, -0.15) is 13.2 Å². The fourth-order valence-corrected chi connectivity index (χ4v) is 2.25. The van der Waals surface area contributed by atoms with E-state index in [-0.39, 0.29) is 12.4 Å². The van der Waals surface area contributed by atoms with E-state index in [1.165, 1.54) is 7.11 Å². The van der Waals surface area contributed by atoms with Gasteiger partial charge in [0.25, 0.3) is 0 Å². The number of hydrogen-bond acceptors (Lipinski definition) is 3. The first kappa shape index (κ1) is 15.4. The lowest BCUT2D eigenvalue weighted by molar-refractivity contribution is -0.188. The number of halogens is 3. The molecule has 0 aliphatic heterocycles. The average molecular weight is 262 g/mol. The molecule has 0 aliphatic rings. The highest BCUT2D eigenvalue weighted by Gasteiger charge is 2.45. The average Bonchev–Trinajstić information content (AvgIpc) is 2.12. The zero-order chi connectivity index (χ0) is 12.8. The predicted octanol–water partition coefficient (Wildman–Crippen LogP) is 1.03. The van der Waals surface area contributed by atoms with Crippen molar-refractivity contribution in [2.75, 3.05) is 25.2 Å². The number of carboxylic acids is 1. The molecule has 96 valence electrons. The standard InChI is InChI=1S/C8H13F3O4S/c1-15-3-2-4-16(14)5-6(7(12)13)8(9,10)11/h6H,2-5H2,1H3,(H,12,13). The van der Waals surface area contributed by atoms with E-state index >= 15 is 0 Å². The zero-order valence-corrected chi connectivity index (χ0v) is 9.44. The minimum atomic E-state index is -4.86. The van der Waals surface area contributed by atoms with E-state index in [0.29, 0.717) is 6.42 Å². The quantitative estimate of drug-likeness (QED) is 0.696. The fraction of sp³-hybridized carbons (Fsp3) is 0.875. The lowest BCUT2D eigenvalue weighted by Gasteiger charge is -2.15. The van der Waals surface area contributed by atoms with E-state index in [4.69, 9.17) is 5.11 Å². The summed E-state index contributed by atoms with van der Waals surface area (Å²) in [6, 6.07) is 0. The van der Waals surface area contributed by atoms with Gasteiger partial charge in [0.05, 0.1) is 0 Å². The normalized spacial score (nSPS) is 15.8. The number of aliphatic carboxylic acids is 1. The number of carbonyl (C=O) groups is 1. The SMILES string of the molecule is COCCCS(=O)CC(C(=O)O)C(F)(F)F. The Hall–Kier alpha value is -0.630. The Kier molecular flexibility index (Phi) is 6.58. The minimum absolute atomic E-state index is 0.00764. The molecule has 1 N–H and O–H groups in total. The zero-order valence-electron chi connectivity index (χ0n) is 8.62. The number of alkyl halides is 3. The van der Waals surface area contributed by atoms with Crippen LogP contribution in [0.15, 0.2) is 0 Å². The molecule has 0 aromatic rings. The molecule has 0 radical (unpaired) electrons. The summed E-state index contributed by atoms with van der Waals surface area (Å²) in [4.78, 5) is 10.3. The highest BCUT2D eigenvalue weighted by molar-refractivity contribution is 7.85. The van der Waals surface area contributed by atoms with Crippen LogP contribution < -0.4 is 0 Å². The van der Waals surface area contributed by atoms with Gasteiger partial charge in [-0.05, 0) is 6.42 Å². The summed E-state index contributed by atoms with van der Waals surface area (Å²) in [5.74, 6) is -5.44. The lowest BCUT2D eigenvalue weighted by atomic mass is 10.2. The lowest BCUT2D eigenvalue weighted by Crippen LogP contribution is -2.35. The van der Waals surface area contributed by atoms with Crippen molar-refractivity contribution in [3.8, 4) is 0 Å². The summed E-state index contributed by atoms with van der Waals surface area (Å²) < 4.78 is 52.3. The molecule has 0 fully saturated rings. The molecule has 16 heavy (non-hydrogen) atoms. The Morgan fingerprint density at radius 3 is 2.44 bits per heavy atom. The van der Waals surface area contributed by atoms with Gasteiger partial charge in [-0.1, -0.05) is 0 Å². The number of methoxy groups -OCH3 is 1. The predicted molar refractivity (Wildman–Crippen MR) is 51.6 cm³/mol. The van der Waals surface area contributed by atoms with Crippen molar-refractivity contribution in [3.63, 3.8) is 0 Å². The van der Waals surface area contributed by atoms with Crippen LogP contribution in [0.3, 0.4) is 0 Å². The van der Waals surface area contributed by atoms with Crippen molar-refractivity contribution < 1.29 is 32.0 Å². The third-order valence-corrected chi connectivity index (χ3v) is 3.22. The second-order valence-corrected chi connectivity index (χ2v) is 4.71. The Morgan fingerprint density at radius 1 is 1.50 bits per heavy atom. The van der Waals surface area contributed by atoms with Gasteiger partial charge in [0, 0.05) is 36.0 Å². The van der Waals surface area contributed by atoms with Crippen LogP contribution in [0.25, 0.3) is 0 Å². The van der Waals surface area contributed by atoms with Crippen LogP contribution >= 0.6 is 0 Å². The smallest absolute Gasteiger partial charge is 0.403 e. The first-order chi connectivity index (χ1) is 7.29. The largest absolute Gasteiger partial charge is 0.481 e. The maximum Gasteiger partial charge on any atom is 0.403 e. The van der Waals surface area contributed by atoms with Crippen LogP contribution in [0.2, 0.25) is 0 Å². The summed E-state index contributed by atoms with van der Waals surface area (Å²) in [5.41, 5.74) is 0. The molecule has 0 aromatic heterocycles. The molecule has 0 aromatic carbocycles. The second kappa shape index (κ2) is 6.85. The van der Waals surface area contributed by atoms with Crippen molar-refractivity contribution in [2.24, 2.45) is 5.92 Å². The summed E-state index contributed by atoms with van der Waals surface area (Å²) >= 11 is 0. The van der Waals surface area contributed by atoms with Crippen molar-refractivity contribution in [2.45, 2.75) is 12.6 Å². The van der Waals surface area contributed by atoms with Gasteiger partial charge in [-0.15, -0.1) is 0 Å². The summed E-state index contributed by atoms with van der Waals surface area (Å²) in [5, 5.41) is 8.35. The number of carboxylic acid groups (broad SMARTS) is 1. The topological polar surface area (TPSA) is 63.6 Å². The van der Waals surface area contributed by atoms with Gasteiger partial charge >= 0.3 is 12.1 Å². The summed E-state index contributed by atoms with van der Waals surface area (Å²) in [7, 11) is -0.384. The summed E-state index contributed by atoms with van der Waals surface area (Å²) in [6.07, 6.45) is -4.52. The van der Waals surface area contributed by atoms with Crippen LogP contribution in [0.4, 0.5) is 13.2 Å². The third kappa shape index (κ3) is 6.06. The molecular weight excluding hydrogens is 249 g/mol. The van der Waals surface area contributed by atoms with Crippen molar-refractivity contribution in [3.05, 3.63) is 0 Å². The van der Waals surface area contributed by atoms with E-state index in [1.54, 1.807) is 0 Å². The molecule has 0 spiro atoms. The molecule has 0 heterocycles. The van der Waals surface area contributed by atoms with Gasteiger partial charge in [-0.25, -0.2) is 0 Å². The number of rotatable bonds is 7. The van der Waals surface area contributed by atoms with E-state index in [1.807, 2.05) is 0 Å². The molecule has 0 bridgehead atoms. The van der Waals surface area contributed by atoms with Crippen molar-refractivity contribution in [1.29, 1.82) is 0 Å². The highest BCUT2D eigenvalue weighted by Crippen LogP contribution is 2.27. The molecule has 0 saturated heterocycles. The van der Waals surface area contributed by atoms with Gasteiger partial charge < -0.3 is 9.84 Å². The monoisotopic (exact) mass is 262 g/mol. The minimum Gasteiger partial charge on any atom is -0.481 e. The Bertz CT molecular complexity index is 254. The molecular formula is C8H13F3O4S. The van der Waals surface area contributed by atoms with Crippen LogP contribution in [0.5, 0.6) is 0 Å². The molecule has 0 saturated carbocycles. The van der Waals surface area contributed by atoms with Gasteiger partial charge in [0.2, 0.25) is 0 Å². The van der Waals surface area contributed by atoms with Gasteiger partial charge in [0.15, 0.2) is 5.92 Å².